The first-order valence-corrected chi connectivity index (χ1v) is 25.0. The van der Waals surface area contributed by atoms with Crippen molar-refractivity contribution in [3.05, 3.63) is 119 Å². The van der Waals surface area contributed by atoms with Crippen molar-refractivity contribution < 1.29 is 81.6 Å². The maximum absolute atomic E-state index is 10.1. The SMILES string of the molecule is [2H]C(O)(CNC([2H])(C([2H])([2H])[2H])C([2H])([2H])[2H])COc1ccc(CCOC)cc1.[2H]C(O)(CNC([2H])(C)C([2H])([2H])[2H])COc1ccc(CCOC)cc1.[2H]C(O)(CNC([2H])(C)C)COc1ccc(CCOC)cc1.[2H]C([2H])(NC(C)C)C(O)COc1ccc(CCOC)cc1. The molecule has 0 saturated heterocycles. The van der Waals surface area contributed by atoms with Gasteiger partial charge in [-0.15, -0.1) is 0 Å². The van der Waals surface area contributed by atoms with E-state index in [4.69, 9.17) is 61.2 Å². The van der Waals surface area contributed by atoms with Gasteiger partial charge in [0.2, 0.25) is 0 Å². The van der Waals surface area contributed by atoms with Crippen LogP contribution < -0.4 is 40.2 Å². The van der Waals surface area contributed by atoms with Crippen LogP contribution in [0, 0.1) is 0 Å². The number of ether oxygens (including phenoxy) is 8. The highest BCUT2D eigenvalue weighted by Crippen LogP contribution is 2.16. The highest BCUT2D eigenvalue weighted by molar-refractivity contribution is 5.30. The second-order valence-electron chi connectivity index (χ2n) is 17.4. The molecular formula is C60H100N4O12. The highest BCUT2D eigenvalue weighted by Gasteiger charge is 2.10. The number of hydrogen-bond donors (Lipinski definition) is 8. The Hall–Kier alpha value is -4.40. The molecule has 0 fully saturated rings. The number of nitrogens with one attached hydrogen (secondary N) is 4. The molecule has 0 aliphatic carbocycles. The Morgan fingerprint density at radius 2 is 0.684 bits per heavy atom. The van der Waals surface area contributed by atoms with Crippen molar-refractivity contribution in [3.8, 4) is 23.0 Å². The lowest BCUT2D eigenvalue weighted by Crippen LogP contribution is -2.35. The third-order valence-corrected chi connectivity index (χ3v) is 9.91. The summed E-state index contributed by atoms with van der Waals surface area (Å²) in [5.74, 6) is 2.08. The molecule has 5 atom stereocenters. The molecule has 0 aliphatic rings. The molecule has 0 radical (unpaired) electrons. The Balaban J connectivity index is 0.000000623. The summed E-state index contributed by atoms with van der Waals surface area (Å²) in [5, 5.41) is 49.6. The van der Waals surface area contributed by atoms with Gasteiger partial charge in [-0.05, 0) is 96.5 Å². The van der Waals surface area contributed by atoms with Gasteiger partial charge in [-0.3, -0.25) is 0 Å². The Kier molecular flexibility index (Phi) is 26.7. The molecule has 4 rings (SSSR count). The standard InChI is InChI=1S/4C15H25NO3/c4*1-12(2)16-10-14(17)11-19-15-6-4-13(5-7-15)8-9-18-3/h4*4-7,12,14,16-17H,8-11H2,1-3H3/i1D3,2D3,12D,14D;1D3,12D,14D;12D,14D;10D2. The Labute approximate surface area is 481 Å². The van der Waals surface area contributed by atoms with Crippen LogP contribution in [0.5, 0.6) is 23.0 Å². The molecule has 4 aromatic rings. The number of rotatable bonds is 36. The van der Waals surface area contributed by atoms with Crippen LogP contribution in [0.1, 0.15) is 101 Å². The maximum atomic E-state index is 10.1. The summed E-state index contributed by atoms with van der Waals surface area (Å²) in [5.41, 5.74) is 4.38. The van der Waals surface area contributed by atoms with Crippen molar-refractivity contribution in [3.63, 3.8) is 0 Å². The largest absolute Gasteiger partial charge is 0.491 e. The maximum Gasteiger partial charge on any atom is 0.119 e. The van der Waals surface area contributed by atoms with E-state index in [0.29, 0.717) is 49.4 Å². The smallest absolute Gasteiger partial charge is 0.119 e. The van der Waals surface area contributed by atoms with Crippen LogP contribution >= 0.6 is 0 Å². The van der Waals surface area contributed by atoms with Crippen molar-refractivity contribution in [1.29, 1.82) is 0 Å². The van der Waals surface area contributed by atoms with E-state index in [-0.39, 0.29) is 32.4 Å². The van der Waals surface area contributed by atoms with Gasteiger partial charge in [0.15, 0.2) is 0 Å². The molecule has 0 amide bonds. The van der Waals surface area contributed by atoms with Gasteiger partial charge in [-0.25, -0.2) is 0 Å². The summed E-state index contributed by atoms with van der Waals surface area (Å²) in [4.78, 5) is 0. The molecule has 16 heteroatoms. The summed E-state index contributed by atoms with van der Waals surface area (Å²) < 4.78 is 169. The van der Waals surface area contributed by atoms with Crippen LogP contribution in [-0.4, -0.2) is 176 Å². The molecule has 4 aromatic carbocycles. The zero-order valence-electron chi connectivity index (χ0n) is 63.1. The van der Waals surface area contributed by atoms with Crippen molar-refractivity contribution in [2.24, 2.45) is 0 Å². The predicted molar refractivity (Wildman–Crippen MR) is 307 cm³/mol. The van der Waals surface area contributed by atoms with E-state index in [2.05, 4.69) is 16.0 Å². The topological polar surface area (TPSA) is 203 Å². The summed E-state index contributed by atoms with van der Waals surface area (Å²) in [7, 11) is 6.57. The molecule has 0 heterocycles. The van der Waals surface area contributed by atoms with Gasteiger partial charge in [-0.1, -0.05) is 104 Å². The fourth-order valence-corrected chi connectivity index (χ4v) is 5.73. The molecule has 0 bridgehead atoms. The fraction of sp³-hybridized carbons (Fsp3) is 0.600. The Morgan fingerprint density at radius 3 is 0.947 bits per heavy atom. The summed E-state index contributed by atoms with van der Waals surface area (Å²) >= 11 is 0. The molecule has 0 aromatic heterocycles. The van der Waals surface area contributed by atoms with Gasteiger partial charge in [0, 0.05) is 97.9 Å². The van der Waals surface area contributed by atoms with Crippen LogP contribution in [0.15, 0.2) is 97.1 Å². The zero-order chi connectivity index (χ0) is 71.2. The van der Waals surface area contributed by atoms with E-state index in [1.807, 2.05) is 79.8 Å². The molecule has 0 saturated carbocycles. The van der Waals surface area contributed by atoms with Crippen LogP contribution in [0.25, 0.3) is 0 Å². The average molecular weight is 1090 g/mol. The lowest BCUT2D eigenvalue weighted by molar-refractivity contribution is 0.104. The molecular weight excluding hydrogens is 969 g/mol. The van der Waals surface area contributed by atoms with E-state index in [0.717, 1.165) is 47.9 Å². The summed E-state index contributed by atoms with van der Waals surface area (Å²) in [6.45, 7) is -2.55. The first kappa shape index (κ1) is 45.5. The van der Waals surface area contributed by atoms with Crippen molar-refractivity contribution in [2.75, 3.05) is 107 Å². The van der Waals surface area contributed by atoms with Gasteiger partial charge in [0.25, 0.3) is 0 Å². The number of benzene rings is 4. The quantitative estimate of drug-likeness (QED) is 0.0247. The van der Waals surface area contributed by atoms with E-state index < -0.39 is 89.1 Å². The van der Waals surface area contributed by atoms with Crippen molar-refractivity contribution >= 4 is 0 Å². The van der Waals surface area contributed by atoms with Crippen molar-refractivity contribution in [1.82, 2.24) is 21.3 Å². The normalized spacial score (nSPS) is 18.9. The van der Waals surface area contributed by atoms with Crippen LogP contribution in [0.3, 0.4) is 0 Å². The number of aliphatic hydroxyl groups is 4. The number of aliphatic hydroxyl groups excluding tert-OH is 1. The van der Waals surface area contributed by atoms with Crippen LogP contribution in [-0.2, 0) is 44.6 Å². The predicted octanol–water partition coefficient (Wildman–Crippen LogP) is 6.45. The van der Waals surface area contributed by atoms with Gasteiger partial charge in [-0.2, -0.15) is 0 Å². The van der Waals surface area contributed by atoms with Crippen LogP contribution in [0.4, 0.5) is 0 Å². The third kappa shape index (κ3) is 39.0. The Morgan fingerprint density at radius 1 is 0.408 bits per heavy atom. The minimum atomic E-state index is -3.19. The van der Waals surface area contributed by atoms with E-state index in [9.17, 15) is 20.4 Å². The second-order valence-corrected chi connectivity index (χ2v) is 17.4. The lowest BCUT2D eigenvalue weighted by atomic mass is 10.1. The van der Waals surface area contributed by atoms with Crippen molar-refractivity contribution in [2.45, 2.75) is 129 Å². The monoisotopic (exact) mass is 1090 g/mol. The van der Waals surface area contributed by atoms with Gasteiger partial charge in [0.05, 0.1) is 30.5 Å². The van der Waals surface area contributed by atoms with Crippen LogP contribution in [0.2, 0.25) is 0 Å². The minimum absolute atomic E-state index is 0.0323. The first-order valence-electron chi connectivity index (χ1n) is 33.5. The molecule has 432 valence electrons. The van der Waals surface area contributed by atoms with E-state index in [1.165, 1.54) is 6.92 Å². The third-order valence-electron chi connectivity index (χ3n) is 9.91. The molecule has 8 N–H and O–H groups in total. The lowest BCUT2D eigenvalue weighted by Gasteiger charge is -2.15. The molecule has 76 heavy (non-hydrogen) atoms. The van der Waals surface area contributed by atoms with Gasteiger partial charge < -0.3 is 79.6 Å². The highest BCUT2D eigenvalue weighted by atomic mass is 16.5. The first-order chi connectivity index (χ1) is 42.7. The summed E-state index contributed by atoms with van der Waals surface area (Å²) in [6, 6.07) is 23.1. The minimum Gasteiger partial charge on any atom is -0.491 e. The molecule has 16 nitrogen and oxygen atoms in total. The van der Waals surface area contributed by atoms with E-state index >= 15 is 0 Å². The van der Waals surface area contributed by atoms with Gasteiger partial charge in [0.1, 0.15) is 73.8 Å². The van der Waals surface area contributed by atoms with Gasteiger partial charge >= 0.3 is 0 Å². The molecule has 5 unspecified atom stereocenters. The van der Waals surface area contributed by atoms with E-state index in [1.54, 1.807) is 78.7 Å². The number of hydrogen-bond acceptors (Lipinski definition) is 16. The zero-order valence-corrected chi connectivity index (χ0v) is 46.1. The fourth-order valence-electron chi connectivity index (χ4n) is 5.73. The molecule has 0 aliphatic heterocycles. The summed E-state index contributed by atoms with van der Waals surface area (Å²) in [6.07, 6.45) is -4.23. The molecule has 0 spiro atoms. The Bertz CT molecular complexity index is 2620. The second kappa shape index (κ2) is 44.6. The average Bonchev–Trinajstić information content (AvgIpc) is 0.775. The number of methoxy groups -OCH3 is 4.